The van der Waals surface area contributed by atoms with Crippen molar-refractivity contribution in [1.29, 1.82) is 5.26 Å². The molecule has 0 saturated heterocycles. The second-order valence-corrected chi connectivity index (χ2v) is 7.12. The number of aromatic nitrogens is 2. The molecule has 0 aliphatic heterocycles. The molecule has 0 spiro atoms. The average Bonchev–Trinajstić information content (AvgIpc) is 2.68. The molecule has 1 aromatic carbocycles. The van der Waals surface area contributed by atoms with E-state index in [1.165, 1.54) is 0 Å². The number of allylic oxidation sites excluding steroid dienone is 2. The molecule has 5 nitrogen and oxygen atoms in total. The summed E-state index contributed by atoms with van der Waals surface area (Å²) in [5.74, 6) is 1.10. The lowest BCUT2D eigenvalue weighted by Gasteiger charge is -2.27. The first-order valence-corrected chi connectivity index (χ1v) is 9.30. The van der Waals surface area contributed by atoms with E-state index in [2.05, 4.69) is 9.97 Å². The highest BCUT2D eigenvalue weighted by molar-refractivity contribution is 6.31. The van der Waals surface area contributed by atoms with Crippen molar-refractivity contribution in [2.45, 2.75) is 38.7 Å². The lowest BCUT2D eigenvalue weighted by atomic mass is 9.87. The minimum atomic E-state index is -0.166. The molecular formula is C21H20ClN3O2. The second kappa shape index (κ2) is 8.79. The Bertz CT molecular complexity index is 879. The number of ketones is 1. The van der Waals surface area contributed by atoms with Crippen LogP contribution in [0.1, 0.15) is 47.4 Å². The van der Waals surface area contributed by atoms with E-state index in [4.69, 9.17) is 21.6 Å². The highest BCUT2D eigenvalue weighted by Gasteiger charge is 2.21. The van der Waals surface area contributed by atoms with Gasteiger partial charge >= 0.3 is 0 Å². The molecule has 3 rings (SSSR count). The quantitative estimate of drug-likeness (QED) is 0.554. The lowest BCUT2D eigenvalue weighted by molar-refractivity contribution is 0.103. The van der Waals surface area contributed by atoms with E-state index in [0.29, 0.717) is 22.3 Å². The van der Waals surface area contributed by atoms with Crippen LogP contribution in [0, 0.1) is 24.2 Å². The Morgan fingerprint density at radius 2 is 1.96 bits per heavy atom. The Morgan fingerprint density at radius 3 is 2.59 bits per heavy atom. The Balaban J connectivity index is 1.50. The predicted octanol–water partition coefficient (Wildman–Crippen LogP) is 4.69. The van der Waals surface area contributed by atoms with Crippen LogP contribution in [0.5, 0.6) is 5.75 Å². The molecule has 6 heteroatoms. The number of carbonyl (C=O) groups excluding carboxylic acids is 1. The summed E-state index contributed by atoms with van der Waals surface area (Å²) in [4.78, 5) is 20.2. The number of ether oxygens (including phenoxy) is 1. The van der Waals surface area contributed by atoms with E-state index in [-0.39, 0.29) is 17.7 Å². The maximum atomic E-state index is 12.1. The molecular weight excluding hydrogens is 362 g/mol. The maximum Gasteiger partial charge on any atom is 0.222 e. The van der Waals surface area contributed by atoms with Crippen molar-refractivity contribution < 1.29 is 9.53 Å². The van der Waals surface area contributed by atoms with Gasteiger partial charge in [-0.1, -0.05) is 17.7 Å². The fourth-order valence-electron chi connectivity index (χ4n) is 3.07. The molecule has 0 N–H and O–H groups in total. The summed E-state index contributed by atoms with van der Waals surface area (Å²) < 4.78 is 5.99. The first-order chi connectivity index (χ1) is 13.0. The van der Waals surface area contributed by atoms with Gasteiger partial charge in [0.2, 0.25) is 5.78 Å². The van der Waals surface area contributed by atoms with E-state index in [9.17, 15) is 4.79 Å². The molecule has 1 saturated carbocycles. The molecule has 0 amide bonds. The number of rotatable bonds is 5. The van der Waals surface area contributed by atoms with E-state index >= 15 is 0 Å². The van der Waals surface area contributed by atoms with Crippen LogP contribution in [0.3, 0.4) is 0 Å². The summed E-state index contributed by atoms with van der Waals surface area (Å²) in [6.07, 6.45) is 10.7. The van der Waals surface area contributed by atoms with Gasteiger partial charge in [0.1, 0.15) is 11.8 Å². The highest BCUT2D eigenvalue weighted by Crippen LogP contribution is 2.30. The van der Waals surface area contributed by atoms with Crippen molar-refractivity contribution in [1.82, 2.24) is 9.97 Å². The molecule has 1 heterocycles. The smallest absolute Gasteiger partial charge is 0.222 e. The van der Waals surface area contributed by atoms with Crippen molar-refractivity contribution >= 4 is 17.4 Å². The molecule has 0 radical (unpaired) electrons. The minimum absolute atomic E-state index is 0.120. The average molecular weight is 382 g/mol. The summed E-state index contributed by atoms with van der Waals surface area (Å²) in [5, 5.41) is 9.33. The van der Waals surface area contributed by atoms with Gasteiger partial charge in [-0.15, -0.1) is 0 Å². The third-order valence-corrected chi connectivity index (χ3v) is 4.92. The van der Waals surface area contributed by atoms with Crippen LogP contribution in [0.25, 0.3) is 0 Å². The van der Waals surface area contributed by atoms with Crippen LogP contribution in [-0.4, -0.2) is 21.9 Å². The van der Waals surface area contributed by atoms with E-state index in [0.717, 1.165) is 31.2 Å². The van der Waals surface area contributed by atoms with Gasteiger partial charge in [-0.3, -0.25) is 4.79 Å². The van der Waals surface area contributed by atoms with Gasteiger partial charge in [0.15, 0.2) is 5.82 Å². The second-order valence-electron chi connectivity index (χ2n) is 6.72. The first-order valence-electron chi connectivity index (χ1n) is 8.92. The van der Waals surface area contributed by atoms with Gasteiger partial charge < -0.3 is 4.74 Å². The number of halogens is 1. The van der Waals surface area contributed by atoms with E-state index < -0.39 is 0 Å². The summed E-state index contributed by atoms with van der Waals surface area (Å²) in [6.45, 7) is 1.89. The zero-order valence-electron chi connectivity index (χ0n) is 15.1. The Kier molecular flexibility index (Phi) is 6.20. The molecule has 1 aliphatic carbocycles. The number of nitriles is 1. The van der Waals surface area contributed by atoms with E-state index in [1.54, 1.807) is 36.7 Å². The molecule has 1 fully saturated rings. The standard InChI is InChI=1S/C21H20ClN3O2/c1-14-12-24-21(25-13-14)20(26)9-4-15-2-6-17(7-3-15)27-18-8-5-16(11-23)19(22)10-18/h4-5,8-10,12-13,15,17H,2-3,6-7H2,1H3/b9-4+/t15-,17-. The Hall–Kier alpha value is -2.71. The number of benzene rings is 1. The van der Waals surface area contributed by atoms with Crippen molar-refractivity contribution in [2.24, 2.45) is 5.92 Å². The van der Waals surface area contributed by atoms with Crippen molar-refractivity contribution in [3.8, 4) is 11.8 Å². The normalized spacial score (nSPS) is 19.6. The van der Waals surface area contributed by atoms with Gasteiger partial charge in [-0.25, -0.2) is 9.97 Å². The van der Waals surface area contributed by atoms with Crippen LogP contribution < -0.4 is 4.74 Å². The zero-order valence-corrected chi connectivity index (χ0v) is 15.8. The van der Waals surface area contributed by atoms with E-state index in [1.807, 2.05) is 19.1 Å². The largest absolute Gasteiger partial charge is 0.490 e. The molecule has 2 aromatic rings. The number of nitrogens with zero attached hydrogens (tertiary/aromatic N) is 3. The Morgan fingerprint density at radius 1 is 1.26 bits per heavy atom. The molecule has 138 valence electrons. The van der Waals surface area contributed by atoms with Crippen LogP contribution in [0.15, 0.2) is 42.7 Å². The summed E-state index contributed by atoms with van der Waals surface area (Å²) >= 11 is 6.05. The summed E-state index contributed by atoms with van der Waals surface area (Å²) in [7, 11) is 0. The van der Waals surface area contributed by atoms with Crippen LogP contribution >= 0.6 is 11.6 Å². The van der Waals surface area contributed by atoms with Gasteiger partial charge in [0.25, 0.3) is 0 Å². The number of hydrogen-bond donors (Lipinski definition) is 0. The molecule has 0 unspecified atom stereocenters. The SMILES string of the molecule is Cc1cnc(C(=O)/C=C/[C@H]2CC[C@H](Oc3ccc(C#N)c(Cl)c3)CC2)nc1. The lowest BCUT2D eigenvalue weighted by Crippen LogP contribution is -2.23. The van der Waals surface area contributed by atoms with Crippen molar-refractivity contribution in [2.75, 3.05) is 0 Å². The van der Waals surface area contributed by atoms with Crippen molar-refractivity contribution in [3.05, 3.63) is 64.7 Å². The fourth-order valence-corrected chi connectivity index (χ4v) is 3.28. The third-order valence-electron chi connectivity index (χ3n) is 4.60. The predicted molar refractivity (Wildman–Crippen MR) is 103 cm³/mol. The Labute approximate surface area is 163 Å². The highest BCUT2D eigenvalue weighted by atomic mass is 35.5. The molecule has 0 atom stereocenters. The summed E-state index contributed by atoms with van der Waals surface area (Å²) in [6, 6.07) is 7.17. The molecule has 1 aromatic heterocycles. The topological polar surface area (TPSA) is 75.9 Å². The van der Waals surface area contributed by atoms with Crippen LogP contribution in [0.4, 0.5) is 0 Å². The van der Waals surface area contributed by atoms with Crippen molar-refractivity contribution in [3.63, 3.8) is 0 Å². The van der Waals surface area contributed by atoms with Gasteiger partial charge in [0.05, 0.1) is 16.7 Å². The number of aryl methyl sites for hydroxylation is 1. The molecule has 27 heavy (non-hydrogen) atoms. The third kappa shape index (κ3) is 5.15. The number of carbonyl (C=O) groups is 1. The van der Waals surface area contributed by atoms with Crippen LogP contribution in [0.2, 0.25) is 5.02 Å². The maximum absolute atomic E-state index is 12.1. The van der Waals surface area contributed by atoms with Gasteiger partial charge in [-0.2, -0.15) is 5.26 Å². The zero-order chi connectivity index (χ0) is 19.2. The fraction of sp³-hybridized carbons (Fsp3) is 0.333. The van der Waals surface area contributed by atoms with Gasteiger partial charge in [-0.05, 0) is 62.3 Å². The number of hydrogen-bond acceptors (Lipinski definition) is 5. The van der Waals surface area contributed by atoms with Gasteiger partial charge in [0, 0.05) is 18.5 Å². The monoisotopic (exact) mass is 381 g/mol. The first kappa shape index (κ1) is 19.1. The molecule has 1 aliphatic rings. The summed E-state index contributed by atoms with van der Waals surface area (Å²) in [5.41, 5.74) is 1.37. The van der Waals surface area contributed by atoms with Crippen LogP contribution in [-0.2, 0) is 0 Å². The minimum Gasteiger partial charge on any atom is -0.490 e. The molecule has 0 bridgehead atoms.